The number of carbonyl (C=O) groups is 2. The molecule has 1 aromatic heterocycles. The van der Waals surface area contributed by atoms with Crippen LogP contribution in [0.4, 0.5) is 0 Å². The van der Waals surface area contributed by atoms with E-state index in [9.17, 15) is 9.59 Å². The molecule has 0 bridgehead atoms. The van der Waals surface area contributed by atoms with E-state index >= 15 is 0 Å². The van der Waals surface area contributed by atoms with Crippen LogP contribution >= 0.6 is 0 Å². The van der Waals surface area contributed by atoms with Gasteiger partial charge in [-0.1, -0.05) is 0 Å². The van der Waals surface area contributed by atoms with Crippen LogP contribution < -0.4 is 0 Å². The van der Waals surface area contributed by atoms with Gasteiger partial charge in [0.1, 0.15) is 0 Å². The molecule has 2 amide bonds. The highest BCUT2D eigenvalue weighted by Gasteiger charge is 2.36. The molecule has 25 heavy (non-hydrogen) atoms. The Morgan fingerprint density at radius 1 is 1.36 bits per heavy atom. The Labute approximate surface area is 147 Å². The number of rotatable bonds is 4. The van der Waals surface area contributed by atoms with Gasteiger partial charge in [0.05, 0.1) is 37.0 Å². The summed E-state index contributed by atoms with van der Waals surface area (Å²) in [5.74, 6) is 0.391. The van der Waals surface area contributed by atoms with Crippen LogP contribution in [0.1, 0.15) is 56.1 Å². The van der Waals surface area contributed by atoms with Crippen molar-refractivity contribution in [3.05, 3.63) is 17.0 Å². The van der Waals surface area contributed by atoms with Gasteiger partial charge in [-0.05, 0) is 26.7 Å². The molecule has 1 atom stereocenters. The Balaban J connectivity index is 1.56. The molecule has 0 aromatic carbocycles. The molecule has 4 rings (SSSR count). The largest absolute Gasteiger partial charge is 0.381 e. The standard InChI is InChI=1S/C18H26N4O3/c1-12(2)22-16-10-21(18(24)13-5-7-25-11-13)8-14(16)15(19-22)9-20-6-3-4-17(20)23/h12-13H,3-11H2,1-2H3. The first-order valence-electron chi connectivity index (χ1n) is 9.28. The average Bonchev–Trinajstić information content (AvgIpc) is 3.33. The maximum atomic E-state index is 12.8. The second-order valence-electron chi connectivity index (χ2n) is 7.58. The van der Waals surface area contributed by atoms with Crippen molar-refractivity contribution in [2.24, 2.45) is 5.92 Å². The summed E-state index contributed by atoms with van der Waals surface area (Å²) in [5, 5.41) is 4.78. The Kier molecular flexibility index (Phi) is 4.27. The van der Waals surface area contributed by atoms with E-state index in [1.54, 1.807) is 0 Å². The summed E-state index contributed by atoms with van der Waals surface area (Å²) < 4.78 is 7.40. The molecule has 136 valence electrons. The number of amides is 2. The van der Waals surface area contributed by atoms with Gasteiger partial charge in [-0.15, -0.1) is 0 Å². The number of ether oxygens (including phenoxy) is 1. The predicted molar refractivity (Wildman–Crippen MR) is 90.4 cm³/mol. The van der Waals surface area contributed by atoms with E-state index in [0.717, 1.165) is 36.3 Å². The van der Waals surface area contributed by atoms with Gasteiger partial charge in [0, 0.05) is 37.7 Å². The molecule has 0 N–H and O–H groups in total. The molecule has 0 aliphatic carbocycles. The van der Waals surface area contributed by atoms with E-state index in [2.05, 4.69) is 13.8 Å². The Morgan fingerprint density at radius 2 is 2.20 bits per heavy atom. The highest BCUT2D eigenvalue weighted by Crippen LogP contribution is 2.31. The molecule has 0 spiro atoms. The van der Waals surface area contributed by atoms with E-state index in [1.807, 2.05) is 14.5 Å². The van der Waals surface area contributed by atoms with Gasteiger partial charge >= 0.3 is 0 Å². The first kappa shape index (κ1) is 16.6. The summed E-state index contributed by atoms with van der Waals surface area (Å²) in [7, 11) is 0. The van der Waals surface area contributed by atoms with Crippen LogP contribution in [0.25, 0.3) is 0 Å². The Bertz CT molecular complexity index is 691. The molecule has 2 fully saturated rings. The number of fused-ring (bicyclic) bond motifs is 1. The van der Waals surface area contributed by atoms with Crippen molar-refractivity contribution in [3.63, 3.8) is 0 Å². The summed E-state index contributed by atoms with van der Waals surface area (Å²) in [5.41, 5.74) is 3.22. The van der Waals surface area contributed by atoms with Gasteiger partial charge in [0.15, 0.2) is 0 Å². The highest BCUT2D eigenvalue weighted by molar-refractivity contribution is 5.80. The van der Waals surface area contributed by atoms with Crippen LogP contribution in [0.5, 0.6) is 0 Å². The van der Waals surface area contributed by atoms with Crippen LogP contribution in [0.15, 0.2) is 0 Å². The van der Waals surface area contributed by atoms with Gasteiger partial charge < -0.3 is 14.5 Å². The minimum atomic E-state index is -0.00641. The number of nitrogens with zero attached hydrogens (tertiary/aromatic N) is 4. The molecule has 1 aromatic rings. The van der Waals surface area contributed by atoms with E-state index < -0.39 is 0 Å². The fourth-order valence-electron chi connectivity index (χ4n) is 4.08. The Morgan fingerprint density at radius 3 is 2.84 bits per heavy atom. The second-order valence-corrected chi connectivity index (χ2v) is 7.58. The molecule has 3 aliphatic rings. The number of hydrogen-bond donors (Lipinski definition) is 0. The molecular weight excluding hydrogens is 320 g/mol. The third-order valence-electron chi connectivity index (χ3n) is 5.48. The third-order valence-corrected chi connectivity index (χ3v) is 5.48. The van der Waals surface area contributed by atoms with E-state index in [-0.39, 0.29) is 23.8 Å². The zero-order chi connectivity index (χ0) is 17.6. The maximum Gasteiger partial charge on any atom is 0.228 e. The summed E-state index contributed by atoms with van der Waals surface area (Å²) in [4.78, 5) is 28.6. The minimum Gasteiger partial charge on any atom is -0.381 e. The lowest BCUT2D eigenvalue weighted by atomic mass is 10.1. The van der Waals surface area contributed by atoms with Crippen molar-refractivity contribution < 1.29 is 14.3 Å². The van der Waals surface area contributed by atoms with Gasteiger partial charge in [0.2, 0.25) is 11.8 Å². The van der Waals surface area contributed by atoms with Crippen LogP contribution in [0.2, 0.25) is 0 Å². The number of hydrogen-bond acceptors (Lipinski definition) is 4. The molecule has 4 heterocycles. The van der Waals surface area contributed by atoms with Crippen LogP contribution in [-0.4, -0.2) is 51.2 Å². The lowest BCUT2D eigenvalue weighted by Gasteiger charge is -2.21. The zero-order valence-electron chi connectivity index (χ0n) is 15.0. The van der Waals surface area contributed by atoms with Crippen molar-refractivity contribution in [2.75, 3.05) is 19.8 Å². The van der Waals surface area contributed by atoms with Crippen molar-refractivity contribution >= 4 is 11.8 Å². The van der Waals surface area contributed by atoms with Crippen LogP contribution in [0, 0.1) is 5.92 Å². The van der Waals surface area contributed by atoms with E-state index in [1.165, 1.54) is 0 Å². The summed E-state index contributed by atoms with van der Waals surface area (Å²) in [6.45, 7) is 8.02. The monoisotopic (exact) mass is 346 g/mol. The number of carbonyl (C=O) groups excluding carboxylic acids is 2. The molecule has 7 nitrogen and oxygen atoms in total. The van der Waals surface area contributed by atoms with Crippen LogP contribution in [0.3, 0.4) is 0 Å². The second kappa shape index (κ2) is 6.44. The fraction of sp³-hybridized carbons (Fsp3) is 0.722. The summed E-state index contributed by atoms with van der Waals surface area (Å²) in [6.07, 6.45) is 2.38. The fourth-order valence-corrected chi connectivity index (χ4v) is 4.08. The number of aromatic nitrogens is 2. The molecule has 2 saturated heterocycles. The van der Waals surface area contributed by atoms with Crippen molar-refractivity contribution in [3.8, 4) is 0 Å². The van der Waals surface area contributed by atoms with Gasteiger partial charge in [-0.2, -0.15) is 5.10 Å². The van der Waals surface area contributed by atoms with Crippen molar-refractivity contribution in [1.29, 1.82) is 0 Å². The predicted octanol–water partition coefficient (Wildman–Crippen LogP) is 1.47. The van der Waals surface area contributed by atoms with Crippen molar-refractivity contribution in [1.82, 2.24) is 19.6 Å². The smallest absolute Gasteiger partial charge is 0.228 e. The lowest BCUT2D eigenvalue weighted by molar-refractivity contribution is -0.136. The van der Waals surface area contributed by atoms with Gasteiger partial charge in [0.25, 0.3) is 0 Å². The van der Waals surface area contributed by atoms with E-state index in [4.69, 9.17) is 9.84 Å². The highest BCUT2D eigenvalue weighted by atomic mass is 16.5. The quantitative estimate of drug-likeness (QED) is 0.828. The lowest BCUT2D eigenvalue weighted by Crippen LogP contribution is -2.33. The maximum absolute atomic E-state index is 12.8. The number of likely N-dealkylation sites (tertiary alicyclic amines) is 1. The minimum absolute atomic E-state index is 0.00641. The first-order valence-corrected chi connectivity index (χ1v) is 9.28. The summed E-state index contributed by atoms with van der Waals surface area (Å²) in [6, 6.07) is 0.238. The van der Waals surface area contributed by atoms with Gasteiger partial charge in [-0.25, -0.2) is 0 Å². The zero-order valence-corrected chi connectivity index (χ0v) is 15.0. The van der Waals surface area contributed by atoms with Gasteiger partial charge in [-0.3, -0.25) is 14.3 Å². The SMILES string of the molecule is CC(C)n1nc(CN2CCCC2=O)c2c1CN(C(=O)C1CCOC1)C2. The first-order chi connectivity index (χ1) is 12.0. The third kappa shape index (κ3) is 2.94. The normalized spacial score (nSPS) is 23.2. The topological polar surface area (TPSA) is 67.7 Å². The molecule has 7 heteroatoms. The Hall–Kier alpha value is -1.89. The van der Waals surface area contributed by atoms with Crippen LogP contribution in [-0.2, 0) is 34.0 Å². The molecular formula is C18H26N4O3. The van der Waals surface area contributed by atoms with E-state index in [0.29, 0.717) is 39.3 Å². The van der Waals surface area contributed by atoms with Crippen molar-refractivity contribution in [2.45, 2.75) is 58.8 Å². The molecule has 0 radical (unpaired) electrons. The molecule has 3 aliphatic heterocycles. The molecule has 1 unspecified atom stereocenters. The summed E-state index contributed by atoms with van der Waals surface area (Å²) >= 11 is 0. The molecule has 0 saturated carbocycles. The average molecular weight is 346 g/mol.